The summed E-state index contributed by atoms with van der Waals surface area (Å²) in [6.45, 7) is 5.80. The van der Waals surface area contributed by atoms with Crippen LogP contribution in [0.3, 0.4) is 0 Å². The monoisotopic (exact) mass is 257 g/mol. The summed E-state index contributed by atoms with van der Waals surface area (Å²) in [5, 5.41) is 3.39. The number of ketones is 1. The molecule has 4 heteroatoms. The van der Waals surface area contributed by atoms with Gasteiger partial charge in [-0.2, -0.15) is 0 Å². The van der Waals surface area contributed by atoms with Crippen LogP contribution in [-0.4, -0.2) is 36.3 Å². The molecule has 19 heavy (non-hydrogen) atoms. The van der Waals surface area contributed by atoms with Gasteiger partial charge in [0, 0.05) is 31.6 Å². The lowest BCUT2D eigenvalue weighted by molar-refractivity contribution is 0.0994. The van der Waals surface area contributed by atoms with Crippen LogP contribution in [0.1, 0.15) is 34.8 Å². The fourth-order valence-electron chi connectivity index (χ4n) is 2.76. The molecule has 1 aliphatic heterocycles. The molecule has 2 aliphatic rings. The number of carbonyl (C=O) groups excluding carboxylic acids is 1. The Kier molecular flexibility index (Phi) is 3.23. The standard InChI is InChI=1S/C15H19N3O/c1-2-18-8-7-16-15(18)17-10-11-3-5-13-12(9-11)4-6-14(13)19/h3,5,9H,2,4,6-8,10H2,1H3,(H,16,17). The number of rotatable bonds is 3. The van der Waals surface area contributed by atoms with Gasteiger partial charge in [-0.25, -0.2) is 0 Å². The first-order valence-electron chi connectivity index (χ1n) is 6.96. The minimum absolute atomic E-state index is 0.284. The molecule has 0 amide bonds. The average molecular weight is 257 g/mol. The van der Waals surface area contributed by atoms with E-state index in [0.717, 1.165) is 44.1 Å². The lowest BCUT2D eigenvalue weighted by Gasteiger charge is -2.19. The summed E-state index contributed by atoms with van der Waals surface area (Å²) < 4.78 is 0. The van der Waals surface area contributed by atoms with Crippen LogP contribution in [0.4, 0.5) is 0 Å². The van der Waals surface area contributed by atoms with Crippen LogP contribution in [0.2, 0.25) is 0 Å². The van der Waals surface area contributed by atoms with E-state index < -0.39 is 0 Å². The molecule has 0 spiro atoms. The van der Waals surface area contributed by atoms with Gasteiger partial charge in [0.1, 0.15) is 0 Å². The molecular formula is C15H19N3O. The number of hydrogen-bond donors (Lipinski definition) is 1. The Hall–Kier alpha value is -1.84. The number of benzene rings is 1. The molecule has 0 saturated heterocycles. The van der Waals surface area contributed by atoms with Gasteiger partial charge in [-0.15, -0.1) is 0 Å². The zero-order valence-corrected chi connectivity index (χ0v) is 11.3. The maximum atomic E-state index is 11.6. The summed E-state index contributed by atoms with van der Waals surface area (Å²) in [5.74, 6) is 1.28. The highest BCUT2D eigenvalue weighted by atomic mass is 16.1. The fraction of sp³-hybridized carbons (Fsp3) is 0.467. The lowest BCUT2D eigenvalue weighted by Crippen LogP contribution is -2.37. The van der Waals surface area contributed by atoms with Gasteiger partial charge >= 0.3 is 0 Å². The van der Waals surface area contributed by atoms with Gasteiger partial charge in [-0.3, -0.25) is 9.79 Å². The average Bonchev–Trinajstić information content (AvgIpc) is 3.03. The summed E-state index contributed by atoms with van der Waals surface area (Å²) in [6.07, 6.45) is 1.56. The van der Waals surface area contributed by atoms with Crippen molar-refractivity contribution in [1.29, 1.82) is 0 Å². The van der Waals surface area contributed by atoms with Crippen molar-refractivity contribution >= 4 is 11.7 Å². The molecule has 1 aromatic rings. The van der Waals surface area contributed by atoms with Crippen LogP contribution in [-0.2, 0) is 13.0 Å². The molecular weight excluding hydrogens is 238 g/mol. The SMILES string of the molecule is CCN1CCN=C1NCc1ccc2c(c1)CCC2=O. The van der Waals surface area contributed by atoms with E-state index in [2.05, 4.69) is 28.2 Å². The van der Waals surface area contributed by atoms with E-state index in [1.807, 2.05) is 12.1 Å². The van der Waals surface area contributed by atoms with Gasteiger partial charge in [-0.05, 0) is 24.5 Å². The van der Waals surface area contributed by atoms with Gasteiger partial charge in [0.2, 0.25) is 0 Å². The third kappa shape index (κ3) is 2.35. The van der Waals surface area contributed by atoms with Crippen LogP contribution < -0.4 is 5.32 Å². The van der Waals surface area contributed by atoms with Gasteiger partial charge in [0.05, 0.1) is 6.54 Å². The highest BCUT2D eigenvalue weighted by Gasteiger charge is 2.19. The van der Waals surface area contributed by atoms with Crippen molar-refractivity contribution in [1.82, 2.24) is 10.2 Å². The second-order valence-corrected chi connectivity index (χ2v) is 5.05. The topological polar surface area (TPSA) is 44.7 Å². The predicted molar refractivity (Wildman–Crippen MR) is 75.5 cm³/mol. The van der Waals surface area contributed by atoms with Crippen LogP contribution >= 0.6 is 0 Å². The first-order chi connectivity index (χ1) is 9.28. The zero-order valence-electron chi connectivity index (χ0n) is 11.3. The number of carbonyl (C=O) groups is 1. The summed E-state index contributed by atoms with van der Waals surface area (Å²) in [6, 6.07) is 6.16. The van der Waals surface area contributed by atoms with Crippen LogP contribution in [0.5, 0.6) is 0 Å². The van der Waals surface area contributed by atoms with E-state index in [0.29, 0.717) is 6.42 Å². The predicted octanol–water partition coefficient (Wildman–Crippen LogP) is 1.60. The van der Waals surface area contributed by atoms with Crippen molar-refractivity contribution in [3.8, 4) is 0 Å². The minimum atomic E-state index is 0.284. The van der Waals surface area contributed by atoms with Gasteiger partial charge in [0.25, 0.3) is 0 Å². The van der Waals surface area contributed by atoms with Crippen molar-refractivity contribution in [2.45, 2.75) is 26.3 Å². The quantitative estimate of drug-likeness (QED) is 0.894. The molecule has 0 saturated carbocycles. The molecule has 4 nitrogen and oxygen atoms in total. The number of Topliss-reactive ketones (excluding diaryl/α,β-unsaturated/α-hetero) is 1. The van der Waals surface area contributed by atoms with Crippen LogP contribution in [0, 0.1) is 0 Å². The fourth-order valence-corrected chi connectivity index (χ4v) is 2.76. The molecule has 0 fully saturated rings. The van der Waals surface area contributed by atoms with E-state index in [1.54, 1.807) is 0 Å². The molecule has 3 rings (SSSR count). The molecule has 0 radical (unpaired) electrons. The van der Waals surface area contributed by atoms with Crippen molar-refractivity contribution < 1.29 is 4.79 Å². The molecule has 1 aromatic carbocycles. The van der Waals surface area contributed by atoms with Crippen LogP contribution in [0.15, 0.2) is 23.2 Å². The first kappa shape index (κ1) is 12.2. The Bertz CT molecular complexity index is 536. The normalized spacial score (nSPS) is 17.6. The number of likely N-dealkylation sites (N-methyl/N-ethyl adjacent to an activating group) is 1. The number of aryl methyl sites for hydroxylation is 1. The van der Waals surface area contributed by atoms with Crippen molar-refractivity contribution in [3.05, 3.63) is 34.9 Å². The summed E-state index contributed by atoms with van der Waals surface area (Å²) in [7, 11) is 0. The lowest BCUT2D eigenvalue weighted by atomic mass is 10.1. The highest BCUT2D eigenvalue weighted by Crippen LogP contribution is 2.22. The van der Waals surface area contributed by atoms with E-state index in [-0.39, 0.29) is 5.78 Å². The van der Waals surface area contributed by atoms with E-state index in [1.165, 1.54) is 11.1 Å². The Morgan fingerprint density at radius 3 is 3.11 bits per heavy atom. The molecule has 1 aliphatic carbocycles. The van der Waals surface area contributed by atoms with E-state index >= 15 is 0 Å². The Balaban J connectivity index is 1.66. The minimum Gasteiger partial charge on any atom is -0.352 e. The second-order valence-electron chi connectivity index (χ2n) is 5.05. The maximum absolute atomic E-state index is 11.6. The van der Waals surface area contributed by atoms with Crippen molar-refractivity contribution in [3.63, 3.8) is 0 Å². The summed E-state index contributed by atoms with van der Waals surface area (Å²) >= 11 is 0. The number of nitrogens with one attached hydrogen (secondary N) is 1. The van der Waals surface area contributed by atoms with Gasteiger partial charge in [-0.1, -0.05) is 18.2 Å². The Labute approximate surface area is 113 Å². The van der Waals surface area contributed by atoms with E-state index in [9.17, 15) is 4.79 Å². The Morgan fingerprint density at radius 2 is 2.26 bits per heavy atom. The van der Waals surface area contributed by atoms with E-state index in [4.69, 9.17) is 0 Å². The number of hydrogen-bond acceptors (Lipinski definition) is 4. The summed E-state index contributed by atoms with van der Waals surface area (Å²) in [5.41, 5.74) is 3.33. The third-order valence-electron chi connectivity index (χ3n) is 3.85. The zero-order chi connectivity index (χ0) is 13.2. The first-order valence-corrected chi connectivity index (χ1v) is 6.96. The number of fused-ring (bicyclic) bond motifs is 1. The molecule has 1 heterocycles. The number of aliphatic imine (C=N–C) groups is 1. The van der Waals surface area contributed by atoms with Crippen molar-refractivity contribution in [2.24, 2.45) is 4.99 Å². The maximum Gasteiger partial charge on any atom is 0.194 e. The molecule has 1 N–H and O–H groups in total. The molecule has 0 unspecified atom stereocenters. The molecule has 100 valence electrons. The smallest absolute Gasteiger partial charge is 0.194 e. The highest BCUT2D eigenvalue weighted by molar-refractivity contribution is 6.00. The van der Waals surface area contributed by atoms with Gasteiger partial charge < -0.3 is 10.2 Å². The number of nitrogens with zero attached hydrogens (tertiary/aromatic N) is 2. The third-order valence-corrected chi connectivity index (χ3v) is 3.85. The molecule has 0 bridgehead atoms. The largest absolute Gasteiger partial charge is 0.352 e. The van der Waals surface area contributed by atoms with Gasteiger partial charge in [0.15, 0.2) is 11.7 Å². The summed E-state index contributed by atoms with van der Waals surface area (Å²) in [4.78, 5) is 18.3. The molecule has 0 atom stereocenters. The Morgan fingerprint density at radius 1 is 1.37 bits per heavy atom. The molecule has 0 aromatic heterocycles. The van der Waals surface area contributed by atoms with Crippen molar-refractivity contribution in [2.75, 3.05) is 19.6 Å². The van der Waals surface area contributed by atoms with Crippen LogP contribution in [0.25, 0.3) is 0 Å². The number of guanidine groups is 1. The second kappa shape index (κ2) is 5.03.